The van der Waals surface area contributed by atoms with E-state index in [9.17, 15) is 18.0 Å². The molecule has 0 fully saturated rings. The van der Waals surface area contributed by atoms with E-state index in [-0.39, 0.29) is 13.2 Å². The molecule has 1 aliphatic rings. The highest BCUT2D eigenvalue weighted by atomic mass is 19.4. The predicted molar refractivity (Wildman–Crippen MR) is 43.2 cm³/mol. The molecular weight excluding hydrogens is 217 g/mol. The first-order valence-electron chi connectivity index (χ1n) is 4.09. The van der Waals surface area contributed by atoms with Gasteiger partial charge in [-0.25, -0.2) is 9.79 Å². The fourth-order valence-corrected chi connectivity index (χ4v) is 0.965. The number of hydrogen-bond donors (Lipinski definition) is 0. The maximum Gasteiger partial charge on any atom is 0.498 e. The van der Waals surface area contributed by atoms with Gasteiger partial charge in [-0.05, 0) is 0 Å². The van der Waals surface area contributed by atoms with Crippen LogP contribution in [0, 0.1) is 0 Å². The summed E-state index contributed by atoms with van der Waals surface area (Å²) in [5, 5.41) is 0. The van der Waals surface area contributed by atoms with Crippen LogP contribution in [0.1, 0.15) is 6.42 Å². The number of amidine groups is 1. The second kappa shape index (κ2) is 4.37. The number of nitrogens with zero attached hydrogens (tertiary/aromatic N) is 2. The Hall–Kier alpha value is -1.47. The van der Waals surface area contributed by atoms with Gasteiger partial charge in [-0.3, -0.25) is 0 Å². The predicted octanol–water partition coefficient (Wildman–Crippen LogP) is 1.35. The molecule has 0 unspecified atom stereocenters. The minimum atomic E-state index is -4.90. The van der Waals surface area contributed by atoms with Crippen molar-refractivity contribution in [2.75, 3.05) is 20.3 Å². The Morgan fingerprint density at radius 3 is 2.67 bits per heavy atom. The highest BCUT2D eigenvalue weighted by Gasteiger charge is 2.47. The molecule has 0 N–H and O–H groups in total. The lowest BCUT2D eigenvalue weighted by atomic mass is 10.4. The van der Waals surface area contributed by atoms with Gasteiger partial charge >= 0.3 is 18.4 Å². The third kappa shape index (κ3) is 2.74. The molecule has 0 atom stereocenters. The first-order chi connectivity index (χ1) is 6.96. The molecule has 0 radical (unpaired) electrons. The molecule has 8 heteroatoms. The van der Waals surface area contributed by atoms with E-state index in [4.69, 9.17) is 0 Å². The zero-order valence-corrected chi connectivity index (χ0v) is 7.87. The molecule has 1 heterocycles. The molecule has 0 spiro atoms. The van der Waals surface area contributed by atoms with Crippen LogP contribution < -0.4 is 0 Å². The fourth-order valence-electron chi connectivity index (χ4n) is 0.965. The fraction of sp³-hybridized carbons (Fsp3) is 0.714. The van der Waals surface area contributed by atoms with Crippen LogP contribution in [0.3, 0.4) is 0 Å². The van der Waals surface area contributed by atoms with E-state index < -0.39 is 23.3 Å². The molecule has 15 heavy (non-hydrogen) atoms. The van der Waals surface area contributed by atoms with Gasteiger partial charge in [0.1, 0.15) is 0 Å². The Labute approximate surface area is 83.5 Å². The summed E-state index contributed by atoms with van der Waals surface area (Å²) in [6.45, 7) is 0.293. The van der Waals surface area contributed by atoms with Gasteiger partial charge in [-0.1, -0.05) is 0 Å². The number of methoxy groups -OCH3 is 1. The highest BCUT2D eigenvalue weighted by Crippen LogP contribution is 2.23. The van der Waals surface area contributed by atoms with Gasteiger partial charge in [-0.15, -0.1) is 18.1 Å². The zero-order valence-electron chi connectivity index (χ0n) is 7.87. The number of amides is 1. The van der Waals surface area contributed by atoms with Crippen molar-refractivity contribution >= 4 is 12.1 Å². The van der Waals surface area contributed by atoms with Crippen molar-refractivity contribution in [1.82, 2.24) is 4.90 Å². The van der Waals surface area contributed by atoms with E-state index in [2.05, 4.69) is 14.5 Å². The number of aliphatic imine (C=N–C) groups is 1. The Morgan fingerprint density at radius 1 is 1.60 bits per heavy atom. The third-order valence-electron chi connectivity index (χ3n) is 1.58. The number of alkyl halides is 3. The minimum absolute atomic E-state index is 0.0996. The maximum atomic E-state index is 12.4. The van der Waals surface area contributed by atoms with Gasteiger partial charge in [-0.2, -0.15) is 0 Å². The summed E-state index contributed by atoms with van der Waals surface area (Å²) in [5.74, 6) is 0. The molecule has 5 nitrogen and oxygen atoms in total. The van der Waals surface area contributed by atoms with Crippen molar-refractivity contribution < 1.29 is 27.4 Å². The molecular formula is C7H9F3N2O3. The number of halogens is 3. The molecule has 86 valence electrons. The lowest BCUT2D eigenvalue weighted by Gasteiger charge is -2.25. The van der Waals surface area contributed by atoms with Gasteiger partial charge in [0.2, 0.25) is 0 Å². The summed E-state index contributed by atoms with van der Waals surface area (Å²) in [6.07, 6.45) is -5.94. The van der Waals surface area contributed by atoms with Crippen molar-refractivity contribution in [1.29, 1.82) is 0 Å². The number of rotatable bonds is 0. The Morgan fingerprint density at radius 2 is 2.27 bits per heavy atom. The molecule has 0 aliphatic carbocycles. The van der Waals surface area contributed by atoms with Gasteiger partial charge in [0.25, 0.3) is 0 Å². The molecule has 0 aromatic rings. The van der Waals surface area contributed by atoms with Gasteiger partial charge in [0.15, 0.2) is 0 Å². The van der Waals surface area contributed by atoms with Crippen LogP contribution in [-0.4, -0.2) is 43.6 Å². The monoisotopic (exact) mass is 226 g/mol. The first kappa shape index (κ1) is 11.6. The summed E-state index contributed by atoms with van der Waals surface area (Å²) >= 11 is 0. The quantitative estimate of drug-likeness (QED) is 0.586. The normalized spacial score (nSPS) is 16.4. The van der Waals surface area contributed by atoms with E-state index in [0.717, 1.165) is 7.11 Å². The van der Waals surface area contributed by atoms with E-state index in [1.165, 1.54) is 0 Å². The SMILES string of the molecule is COC(=O)N(C1=NCCCO1)C(F)(F)F. The molecule has 0 aromatic carbocycles. The molecule has 0 aromatic heterocycles. The zero-order chi connectivity index (χ0) is 11.5. The lowest BCUT2D eigenvalue weighted by molar-refractivity contribution is -0.210. The summed E-state index contributed by atoms with van der Waals surface area (Å²) < 4.78 is 45.9. The summed E-state index contributed by atoms with van der Waals surface area (Å²) in [7, 11) is 0.852. The van der Waals surface area contributed by atoms with Gasteiger partial charge in [0.05, 0.1) is 13.7 Å². The van der Waals surface area contributed by atoms with Crippen LogP contribution >= 0.6 is 0 Å². The van der Waals surface area contributed by atoms with Crippen molar-refractivity contribution in [2.45, 2.75) is 12.7 Å². The minimum Gasteiger partial charge on any atom is -0.465 e. The summed E-state index contributed by atoms with van der Waals surface area (Å²) in [5.41, 5.74) is 0. The Bertz CT molecular complexity index is 277. The van der Waals surface area contributed by atoms with E-state index in [1.54, 1.807) is 0 Å². The highest BCUT2D eigenvalue weighted by molar-refractivity contribution is 5.91. The number of ether oxygens (including phenoxy) is 2. The van der Waals surface area contributed by atoms with E-state index >= 15 is 0 Å². The first-order valence-corrected chi connectivity index (χ1v) is 4.09. The van der Waals surface area contributed by atoms with E-state index in [1.807, 2.05) is 0 Å². The van der Waals surface area contributed by atoms with Gasteiger partial charge in [0, 0.05) is 13.0 Å². The van der Waals surface area contributed by atoms with E-state index in [0.29, 0.717) is 6.42 Å². The van der Waals surface area contributed by atoms with Crippen molar-refractivity contribution in [3.8, 4) is 0 Å². The Kier molecular flexibility index (Phi) is 3.38. The molecule has 1 rings (SSSR count). The average Bonchev–Trinajstić information content (AvgIpc) is 2.17. The molecule has 1 amide bonds. The number of carbonyl (C=O) groups excluding carboxylic acids is 1. The summed E-state index contributed by atoms with van der Waals surface area (Å²) in [6, 6.07) is -0.763. The number of carbonyl (C=O) groups is 1. The molecule has 1 aliphatic heterocycles. The largest absolute Gasteiger partial charge is 0.498 e. The van der Waals surface area contributed by atoms with Crippen LogP contribution in [0.2, 0.25) is 0 Å². The van der Waals surface area contributed by atoms with Crippen LogP contribution in [-0.2, 0) is 9.47 Å². The average molecular weight is 226 g/mol. The maximum absolute atomic E-state index is 12.4. The second-order valence-electron chi connectivity index (χ2n) is 2.64. The molecule has 0 saturated heterocycles. The summed E-state index contributed by atoms with van der Waals surface area (Å²) in [4.78, 5) is 13.8. The van der Waals surface area contributed by atoms with Crippen LogP contribution in [0.4, 0.5) is 18.0 Å². The van der Waals surface area contributed by atoms with Crippen molar-refractivity contribution in [2.24, 2.45) is 4.99 Å². The molecule has 0 saturated carbocycles. The number of hydrogen-bond acceptors (Lipinski definition) is 4. The van der Waals surface area contributed by atoms with Crippen LogP contribution in [0.25, 0.3) is 0 Å². The smallest absolute Gasteiger partial charge is 0.465 e. The lowest BCUT2D eigenvalue weighted by Crippen LogP contribution is -2.49. The third-order valence-corrected chi connectivity index (χ3v) is 1.58. The topological polar surface area (TPSA) is 51.1 Å². The van der Waals surface area contributed by atoms with Crippen LogP contribution in [0.5, 0.6) is 0 Å². The second-order valence-corrected chi connectivity index (χ2v) is 2.64. The van der Waals surface area contributed by atoms with Gasteiger partial charge < -0.3 is 9.47 Å². The van der Waals surface area contributed by atoms with Crippen LogP contribution in [0.15, 0.2) is 4.99 Å². The van der Waals surface area contributed by atoms with Crippen molar-refractivity contribution in [3.63, 3.8) is 0 Å². The Balaban J connectivity index is 2.90. The standard InChI is InChI=1S/C7H9F3N2O3/c1-14-6(13)12(7(8,9)10)5-11-3-2-4-15-5/h2-4H2,1H3. The van der Waals surface area contributed by atoms with Crippen molar-refractivity contribution in [3.05, 3.63) is 0 Å². The molecule has 0 bridgehead atoms.